The highest BCUT2D eigenvalue weighted by Crippen LogP contribution is 2.38. The van der Waals surface area contributed by atoms with Crippen LogP contribution >= 0.6 is 0 Å². The molecular formula is C27H34N2O5. The number of carboxylic acid groups (broad SMARTS) is 1. The van der Waals surface area contributed by atoms with E-state index in [2.05, 4.69) is 0 Å². The maximum Gasteiger partial charge on any atom is 0.324 e. The number of benzene rings is 2. The number of ether oxygens (including phenoxy) is 1. The van der Waals surface area contributed by atoms with Crippen molar-refractivity contribution in [2.24, 2.45) is 5.73 Å². The normalized spacial score (nSPS) is 20.1. The van der Waals surface area contributed by atoms with Crippen molar-refractivity contribution < 1.29 is 24.2 Å². The highest BCUT2D eigenvalue weighted by Gasteiger charge is 2.48. The fourth-order valence-electron chi connectivity index (χ4n) is 4.51. The lowest BCUT2D eigenvalue weighted by Gasteiger charge is -2.45. The molecule has 0 saturated carbocycles. The van der Waals surface area contributed by atoms with Crippen molar-refractivity contribution in [2.45, 2.75) is 76.7 Å². The van der Waals surface area contributed by atoms with Crippen molar-refractivity contribution in [1.82, 2.24) is 4.90 Å². The van der Waals surface area contributed by atoms with Gasteiger partial charge >= 0.3 is 11.9 Å². The first-order valence-corrected chi connectivity index (χ1v) is 11.6. The van der Waals surface area contributed by atoms with E-state index in [1.807, 2.05) is 54.6 Å². The molecule has 0 aliphatic carbocycles. The summed E-state index contributed by atoms with van der Waals surface area (Å²) in [5.74, 6) is -1.96. The van der Waals surface area contributed by atoms with Crippen molar-refractivity contribution in [2.75, 3.05) is 0 Å². The molecule has 0 bridgehead atoms. The van der Waals surface area contributed by atoms with Gasteiger partial charge in [0.05, 0.1) is 12.1 Å². The van der Waals surface area contributed by atoms with E-state index in [-0.39, 0.29) is 18.6 Å². The van der Waals surface area contributed by atoms with E-state index in [1.165, 1.54) is 4.90 Å². The molecule has 0 fully saturated rings. The molecule has 0 saturated heterocycles. The zero-order chi connectivity index (χ0) is 25.0. The van der Waals surface area contributed by atoms with Gasteiger partial charge in [0.15, 0.2) is 5.78 Å². The Morgan fingerprint density at radius 2 is 1.71 bits per heavy atom. The molecular weight excluding hydrogens is 432 g/mol. The third-order valence-electron chi connectivity index (χ3n) is 6.01. The third kappa shape index (κ3) is 5.90. The number of nitrogens with zero attached hydrogens (tertiary/aromatic N) is 1. The largest absolute Gasteiger partial charge is 0.480 e. The first kappa shape index (κ1) is 25.6. The molecule has 1 aliphatic heterocycles. The smallest absolute Gasteiger partial charge is 0.324 e. The molecule has 0 amide bonds. The molecule has 0 spiro atoms. The van der Waals surface area contributed by atoms with Crippen LogP contribution in [0.1, 0.15) is 56.8 Å². The molecule has 7 heteroatoms. The predicted molar refractivity (Wildman–Crippen MR) is 129 cm³/mol. The summed E-state index contributed by atoms with van der Waals surface area (Å²) in [7, 11) is 0. The minimum Gasteiger partial charge on any atom is -0.480 e. The fraction of sp³-hybridized carbons (Fsp3) is 0.444. The summed E-state index contributed by atoms with van der Waals surface area (Å²) in [6.45, 7) is 6.88. The Kier molecular flexibility index (Phi) is 7.89. The third-order valence-corrected chi connectivity index (χ3v) is 6.01. The second-order valence-electron chi connectivity index (χ2n) is 9.87. The Balaban J connectivity index is 2.10. The number of carbonyl (C=O) groups is 3. The highest BCUT2D eigenvalue weighted by molar-refractivity contribution is 5.92. The van der Waals surface area contributed by atoms with Gasteiger partial charge in [-0.3, -0.25) is 19.3 Å². The molecule has 0 aromatic heterocycles. The number of Topliss-reactive ketones (excluding diaryl/α,β-unsaturated/α-hetero) is 1. The first-order chi connectivity index (χ1) is 16.0. The Hall–Kier alpha value is -3.03. The van der Waals surface area contributed by atoms with Crippen LogP contribution in [-0.4, -0.2) is 51.5 Å². The van der Waals surface area contributed by atoms with E-state index in [1.54, 1.807) is 27.7 Å². The average molecular weight is 467 g/mol. The second kappa shape index (κ2) is 10.5. The van der Waals surface area contributed by atoms with Gasteiger partial charge in [-0.1, -0.05) is 54.6 Å². The van der Waals surface area contributed by atoms with Crippen LogP contribution in [0.4, 0.5) is 0 Å². The van der Waals surface area contributed by atoms with Crippen LogP contribution in [0.5, 0.6) is 0 Å². The molecule has 3 unspecified atom stereocenters. The fourth-order valence-corrected chi connectivity index (χ4v) is 4.51. The van der Waals surface area contributed by atoms with E-state index in [9.17, 15) is 19.5 Å². The van der Waals surface area contributed by atoms with Gasteiger partial charge in [-0.15, -0.1) is 0 Å². The monoisotopic (exact) mass is 466 g/mol. The zero-order valence-corrected chi connectivity index (χ0v) is 20.2. The maximum absolute atomic E-state index is 13.4. The molecule has 34 heavy (non-hydrogen) atoms. The number of hydrogen-bond donors (Lipinski definition) is 2. The average Bonchev–Trinajstić information content (AvgIpc) is 2.77. The van der Waals surface area contributed by atoms with Crippen molar-refractivity contribution in [1.29, 1.82) is 0 Å². The SMILES string of the molecule is C[C@H](N)C(=O)C1c2ccccc2CC(C(=O)OC(C)(C)C)N1C(CCc1ccccc1)C(=O)O. The quantitative estimate of drug-likeness (QED) is 0.575. The van der Waals surface area contributed by atoms with E-state index < -0.39 is 41.7 Å². The second-order valence-corrected chi connectivity index (χ2v) is 9.87. The summed E-state index contributed by atoms with van der Waals surface area (Å²) in [6.07, 6.45) is 0.961. The van der Waals surface area contributed by atoms with Gasteiger partial charge in [0.25, 0.3) is 0 Å². The lowest BCUT2D eigenvalue weighted by molar-refractivity contribution is -0.168. The molecule has 7 nitrogen and oxygen atoms in total. The summed E-state index contributed by atoms with van der Waals surface area (Å²) in [5, 5.41) is 10.3. The molecule has 2 aromatic rings. The Morgan fingerprint density at radius 3 is 2.29 bits per heavy atom. The standard InChI is InChI=1S/C27H34N2O5/c1-17(28)24(30)23-20-13-9-8-12-19(20)16-22(26(33)34-27(2,3)4)29(23)21(25(31)32)15-14-18-10-6-5-7-11-18/h5-13,17,21-23H,14-16,28H2,1-4H3,(H,31,32)/t17-,21?,22?,23?/m0/s1. The summed E-state index contributed by atoms with van der Waals surface area (Å²) in [5.41, 5.74) is 7.74. The van der Waals surface area contributed by atoms with Crippen molar-refractivity contribution in [3.8, 4) is 0 Å². The van der Waals surface area contributed by atoms with E-state index in [4.69, 9.17) is 10.5 Å². The topological polar surface area (TPSA) is 110 Å². The highest BCUT2D eigenvalue weighted by atomic mass is 16.6. The Morgan fingerprint density at radius 1 is 1.09 bits per heavy atom. The van der Waals surface area contributed by atoms with Crippen LogP contribution in [0.2, 0.25) is 0 Å². The van der Waals surface area contributed by atoms with Gasteiger partial charge in [0.2, 0.25) is 0 Å². The molecule has 182 valence electrons. The zero-order valence-electron chi connectivity index (χ0n) is 20.2. The van der Waals surface area contributed by atoms with Crippen LogP contribution in [0.15, 0.2) is 54.6 Å². The minimum absolute atomic E-state index is 0.226. The van der Waals surface area contributed by atoms with Crippen molar-refractivity contribution in [3.63, 3.8) is 0 Å². The number of aryl methyl sites for hydroxylation is 1. The van der Waals surface area contributed by atoms with Crippen LogP contribution in [0.3, 0.4) is 0 Å². The minimum atomic E-state index is -1.09. The van der Waals surface area contributed by atoms with Crippen LogP contribution in [0, 0.1) is 0 Å². The lowest BCUT2D eigenvalue weighted by atomic mass is 9.82. The first-order valence-electron chi connectivity index (χ1n) is 11.6. The van der Waals surface area contributed by atoms with Crippen molar-refractivity contribution in [3.05, 3.63) is 71.3 Å². The van der Waals surface area contributed by atoms with Gasteiger partial charge in [-0.2, -0.15) is 0 Å². The van der Waals surface area contributed by atoms with E-state index in [0.29, 0.717) is 12.0 Å². The molecule has 1 aliphatic rings. The Bertz CT molecular complexity index is 1030. The van der Waals surface area contributed by atoms with Crippen molar-refractivity contribution >= 4 is 17.7 Å². The summed E-state index contributed by atoms with van der Waals surface area (Å²) < 4.78 is 5.69. The number of rotatable bonds is 8. The summed E-state index contributed by atoms with van der Waals surface area (Å²) in [6, 6.07) is 13.1. The van der Waals surface area contributed by atoms with Gasteiger partial charge in [-0.25, -0.2) is 0 Å². The van der Waals surface area contributed by atoms with Crippen LogP contribution < -0.4 is 5.73 Å². The lowest BCUT2D eigenvalue weighted by Crippen LogP contribution is -2.59. The van der Waals surface area contributed by atoms with E-state index >= 15 is 0 Å². The number of carbonyl (C=O) groups excluding carboxylic acids is 2. The maximum atomic E-state index is 13.4. The predicted octanol–water partition coefficient (Wildman–Crippen LogP) is 3.30. The number of nitrogens with two attached hydrogens (primary N) is 1. The van der Waals surface area contributed by atoms with Crippen LogP contribution in [-0.2, 0) is 32.0 Å². The van der Waals surface area contributed by atoms with Crippen LogP contribution in [0.25, 0.3) is 0 Å². The van der Waals surface area contributed by atoms with Gasteiger partial charge in [0, 0.05) is 0 Å². The summed E-state index contributed by atoms with van der Waals surface area (Å²) >= 11 is 0. The molecule has 3 N–H and O–H groups in total. The number of hydrogen-bond acceptors (Lipinski definition) is 6. The molecule has 4 atom stereocenters. The van der Waals surface area contributed by atoms with Gasteiger partial charge < -0.3 is 15.6 Å². The van der Waals surface area contributed by atoms with Gasteiger partial charge in [-0.05, 0) is 63.6 Å². The number of carboxylic acids is 1. The molecule has 1 heterocycles. The van der Waals surface area contributed by atoms with Gasteiger partial charge in [0.1, 0.15) is 17.7 Å². The van der Waals surface area contributed by atoms with E-state index in [0.717, 1.165) is 11.1 Å². The summed E-state index contributed by atoms with van der Waals surface area (Å²) in [4.78, 5) is 40.9. The molecule has 0 radical (unpaired) electrons. The number of fused-ring (bicyclic) bond motifs is 1. The number of aliphatic carboxylic acids is 1. The molecule has 3 rings (SSSR count). The number of esters is 1. The Labute approximate surface area is 200 Å². The number of ketones is 1. The molecule has 2 aromatic carbocycles.